The zero-order valence-corrected chi connectivity index (χ0v) is 8.93. The van der Waals surface area contributed by atoms with Crippen LogP contribution in [0.3, 0.4) is 0 Å². The predicted molar refractivity (Wildman–Crippen MR) is 54.8 cm³/mol. The standard InChI is InChI=1S/C11H12O5/c1-6(12)8-7(9(13)14)4-3-5-11(8,2)10(15)16/h3-5,8H,1-2H3,(H,13,14)(H,15,16). The summed E-state index contributed by atoms with van der Waals surface area (Å²) in [5, 5.41) is 18.0. The van der Waals surface area contributed by atoms with Crippen molar-refractivity contribution in [1.82, 2.24) is 0 Å². The molecule has 0 aromatic rings. The number of hydrogen-bond donors (Lipinski definition) is 2. The Labute approximate surface area is 92.1 Å². The van der Waals surface area contributed by atoms with E-state index in [1.165, 1.54) is 32.1 Å². The van der Waals surface area contributed by atoms with Crippen molar-refractivity contribution in [2.75, 3.05) is 0 Å². The third-order valence-corrected chi connectivity index (χ3v) is 2.74. The molecular formula is C11H12O5. The van der Waals surface area contributed by atoms with Crippen molar-refractivity contribution in [1.29, 1.82) is 0 Å². The molecule has 0 heterocycles. The average molecular weight is 224 g/mol. The molecule has 0 fully saturated rings. The maximum atomic E-state index is 11.4. The molecule has 0 saturated heterocycles. The second-order valence-electron chi connectivity index (χ2n) is 3.92. The first-order valence-corrected chi connectivity index (χ1v) is 4.67. The monoisotopic (exact) mass is 224 g/mol. The fourth-order valence-corrected chi connectivity index (χ4v) is 1.90. The van der Waals surface area contributed by atoms with Gasteiger partial charge in [0.25, 0.3) is 0 Å². The molecule has 0 radical (unpaired) electrons. The molecule has 2 unspecified atom stereocenters. The fraction of sp³-hybridized carbons (Fsp3) is 0.364. The highest BCUT2D eigenvalue weighted by atomic mass is 16.4. The van der Waals surface area contributed by atoms with Gasteiger partial charge < -0.3 is 10.2 Å². The van der Waals surface area contributed by atoms with Crippen LogP contribution in [-0.4, -0.2) is 27.9 Å². The molecule has 0 aromatic heterocycles. The van der Waals surface area contributed by atoms with Crippen LogP contribution in [0.2, 0.25) is 0 Å². The Bertz CT molecular complexity index is 418. The number of carbonyl (C=O) groups excluding carboxylic acids is 1. The second-order valence-corrected chi connectivity index (χ2v) is 3.92. The molecule has 0 saturated carbocycles. The van der Waals surface area contributed by atoms with Gasteiger partial charge in [0.2, 0.25) is 0 Å². The topological polar surface area (TPSA) is 91.7 Å². The highest BCUT2D eigenvalue weighted by Crippen LogP contribution is 2.38. The predicted octanol–water partition coefficient (Wildman–Crippen LogP) is 0.863. The Balaban J connectivity index is 3.32. The Kier molecular flexibility index (Phi) is 2.98. The van der Waals surface area contributed by atoms with E-state index in [-0.39, 0.29) is 5.57 Å². The normalized spacial score (nSPS) is 28.4. The minimum atomic E-state index is -1.49. The van der Waals surface area contributed by atoms with E-state index in [1.54, 1.807) is 0 Å². The van der Waals surface area contributed by atoms with Gasteiger partial charge in [-0.1, -0.05) is 18.2 Å². The second kappa shape index (κ2) is 3.92. The van der Waals surface area contributed by atoms with Crippen molar-refractivity contribution in [2.45, 2.75) is 13.8 Å². The van der Waals surface area contributed by atoms with Crippen LogP contribution >= 0.6 is 0 Å². The first-order chi connectivity index (χ1) is 7.30. The van der Waals surface area contributed by atoms with E-state index in [2.05, 4.69) is 0 Å². The van der Waals surface area contributed by atoms with Gasteiger partial charge in [0.15, 0.2) is 0 Å². The van der Waals surface area contributed by atoms with Gasteiger partial charge in [0, 0.05) is 5.57 Å². The van der Waals surface area contributed by atoms with Crippen LogP contribution in [0.4, 0.5) is 0 Å². The molecule has 0 amide bonds. The van der Waals surface area contributed by atoms with Crippen LogP contribution in [0, 0.1) is 11.3 Å². The third-order valence-electron chi connectivity index (χ3n) is 2.74. The molecular weight excluding hydrogens is 212 g/mol. The molecule has 5 heteroatoms. The van der Waals surface area contributed by atoms with Crippen LogP contribution in [0.5, 0.6) is 0 Å². The maximum Gasteiger partial charge on any atom is 0.332 e. The van der Waals surface area contributed by atoms with Gasteiger partial charge in [-0.25, -0.2) is 4.79 Å². The first-order valence-electron chi connectivity index (χ1n) is 4.67. The Hall–Kier alpha value is -1.91. The lowest BCUT2D eigenvalue weighted by Crippen LogP contribution is -2.41. The molecule has 0 spiro atoms. The zero-order valence-electron chi connectivity index (χ0n) is 8.93. The number of carboxylic acid groups (broad SMARTS) is 2. The number of rotatable bonds is 3. The Morgan fingerprint density at radius 3 is 2.25 bits per heavy atom. The van der Waals surface area contributed by atoms with Gasteiger partial charge in [-0.05, 0) is 13.8 Å². The molecule has 1 aliphatic carbocycles. The summed E-state index contributed by atoms with van der Waals surface area (Å²) in [6, 6.07) is 0. The maximum absolute atomic E-state index is 11.4. The molecule has 0 aliphatic heterocycles. The molecule has 16 heavy (non-hydrogen) atoms. The molecule has 1 rings (SSSR count). The van der Waals surface area contributed by atoms with Crippen molar-refractivity contribution >= 4 is 17.7 Å². The Morgan fingerprint density at radius 1 is 1.31 bits per heavy atom. The molecule has 5 nitrogen and oxygen atoms in total. The number of carbonyl (C=O) groups is 3. The first kappa shape index (κ1) is 12.2. The van der Waals surface area contributed by atoms with Crippen molar-refractivity contribution in [3.8, 4) is 0 Å². The summed E-state index contributed by atoms with van der Waals surface area (Å²) >= 11 is 0. The number of allylic oxidation sites excluding steroid dienone is 2. The van der Waals surface area contributed by atoms with E-state index in [9.17, 15) is 14.4 Å². The fourth-order valence-electron chi connectivity index (χ4n) is 1.90. The lowest BCUT2D eigenvalue weighted by molar-refractivity contribution is -0.150. The van der Waals surface area contributed by atoms with Gasteiger partial charge >= 0.3 is 11.9 Å². The van der Waals surface area contributed by atoms with Crippen LogP contribution in [-0.2, 0) is 14.4 Å². The number of hydrogen-bond acceptors (Lipinski definition) is 3. The minimum Gasteiger partial charge on any atom is -0.481 e. The van der Waals surface area contributed by atoms with Gasteiger partial charge in [0.05, 0.1) is 11.3 Å². The molecule has 0 aromatic carbocycles. The number of ketones is 1. The highest BCUT2D eigenvalue weighted by molar-refractivity contribution is 6.01. The van der Waals surface area contributed by atoms with Crippen molar-refractivity contribution in [3.63, 3.8) is 0 Å². The van der Waals surface area contributed by atoms with E-state index in [1.807, 2.05) is 0 Å². The quantitative estimate of drug-likeness (QED) is 0.741. The molecule has 86 valence electrons. The minimum absolute atomic E-state index is 0.181. The van der Waals surface area contributed by atoms with Crippen molar-refractivity contribution in [3.05, 3.63) is 23.8 Å². The zero-order chi connectivity index (χ0) is 12.5. The van der Waals surface area contributed by atoms with E-state index >= 15 is 0 Å². The molecule has 0 bridgehead atoms. The summed E-state index contributed by atoms with van der Waals surface area (Å²) in [7, 11) is 0. The molecule has 2 atom stereocenters. The van der Waals surface area contributed by atoms with Gasteiger partial charge in [0.1, 0.15) is 5.78 Å². The lowest BCUT2D eigenvalue weighted by Gasteiger charge is -2.31. The molecule has 2 N–H and O–H groups in total. The van der Waals surface area contributed by atoms with Crippen molar-refractivity contribution < 1.29 is 24.6 Å². The van der Waals surface area contributed by atoms with E-state index in [0.29, 0.717) is 0 Å². The van der Waals surface area contributed by atoms with E-state index in [0.717, 1.165) is 0 Å². The van der Waals surface area contributed by atoms with Crippen LogP contribution < -0.4 is 0 Å². The van der Waals surface area contributed by atoms with Gasteiger partial charge in [-0.15, -0.1) is 0 Å². The van der Waals surface area contributed by atoms with Crippen LogP contribution in [0.1, 0.15) is 13.8 Å². The lowest BCUT2D eigenvalue weighted by atomic mass is 9.68. The summed E-state index contributed by atoms with van der Waals surface area (Å²) in [4.78, 5) is 33.5. The van der Waals surface area contributed by atoms with Gasteiger partial charge in [-0.2, -0.15) is 0 Å². The number of Topliss-reactive ketones (excluding diaryl/α,β-unsaturated/α-hetero) is 1. The highest BCUT2D eigenvalue weighted by Gasteiger charge is 2.47. The van der Waals surface area contributed by atoms with Crippen molar-refractivity contribution in [2.24, 2.45) is 11.3 Å². The summed E-state index contributed by atoms with van der Waals surface area (Å²) in [6.07, 6.45) is 3.96. The summed E-state index contributed by atoms with van der Waals surface area (Å²) in [5.41, 5.74) is -1.67. The summed E-state index contributed by atoms with van der Waals surface area (Å²) in [6.45, 7) is 2.54. The van der Waals surface area contributed by atoms with E-state index in [4.69, 9.17) is 10.2 Å². The van der Waals surface area contributed by atoms with Crippen LogP contribution in [0.25, 0.3) is 0 Å². The smallest absolute Gasteiger partial charge is 0.332 e. The Morgan fingerprint density at radius 2 is 1.88 bits per heavy atom. The average Bonchev–Trinajstić information content (AvgIpc) is 2.16. The number of aliphatic carboxylic acids is 2. The van der Waals surface area contributed by atoms with E-state index < -0.39 is 29.1 Å². The number of carboxylic acids is 2. The summed E-state index contributed by atoms with van der Waals surface area (Å²) < 4.78 is 0. The van der Waals surface area contributed by atoms with Crippen LogP contribution in [0.15, 0.2) is 23.8 Å². The SMILES string of the molecule is CC(=O)C1C(C(=O)O)=CC=CC1(C)C(=O)O. The molecule has 1 aliphatic rings. The largest absolute Gasteiger partial charge is 0.481 e. The summed E-state index contributed by atoms with van der Waals surface area (Å²) in [5.74, 6) is -4.09. The van der Waals surface area contributed by atoms with Gasteiger partial charge in [-0.3, -0.25) is 9.59 Å². The third kappa shape index (κ3) is 1.76.